The number of aliphatic imine (C=N–C) groups is 1. The van der Waals surface area contributed by atoms with E-state index >= 15 is 0 Å². The number of aryl methyl sites for hydroxylation is 1. The molecule has 3 aromatic rings. The Morgan fingerprint density at radius 1 is 1.17 bits per heavy atom. The number of nitrogens with one attached hydrogen (secondary N) is 2. The maximum atomic E-state index is 5.42. The summed E-state index contributed by atoms with van der Waals surface area (Å²) < 4.78 is 7.43. The van der Waals surface area contributed by atoms with Crippen molar-refractivity contribution in [2.24, 2.45) is 4.99 Å². The maximum absolute atomic E-state index is 5.42. The predicted molar refractivity (Wildman–Crippen MR) is 133 cm³/mol. The van der Waals surface area contributed by atoms with Gasteiger partial charge in [0.25, 0.3) is 0 Å². The van der Waals surface area contributed by atoms with Gasteiger partial charge in [-0.25, -0.2) is 9.98 Å². The molecular weight excluding hydrogens is 489 g/mol. The van der Waals surface area contributed by atoms with Crippen LogP contribution in [0.5, 0.6) is 5.75 Å². The van der Waals surface area contributed by atoms with E-state index in [0.29, 0.717) is 6.54 Å². The number of nitrogens with zero attached hydrogens (tertiary/aromatic N) is 3. The average Bonchev–Trinajstić information content (AvgIpc) is 3.28. The number of benzene rings is 2. The fourth-order valence-corrected chi connectivity index (χ4v) is 3.15. The Balaban J connectivity index is 0.00000320. The van der Waals surface area contributed by atoms with Crippen LogP contribution in [0.15, 0.2) is 66.2 Å². The maximum Gasteiger partial charge on any atom is 0.191 e. The molecule has 0 aliphatic heterocycles. The molecule has 30 heavy (non-hydrogen) atoms. The molecule has 1 heterocycles. The zero-order valence-corrected chi connectivity index (χ0v) is 20.1. The van der Waals surface area contributed by atoms with Crippen molar-refractivity contribution >= 4 is 29.9 Å². The second-order valence-electron chi connectivity index (χ2n) is 6.77. The highest BCUT2D eigenvalue weighted by Crippen LogP contribution is 2.19. The number of guanidine groups is 1. The number of imidazole rings is 1. The lowest BCUT2D eigenvalue weighted by atomic mass is 10.1. The Labute approximate surface area is 195 Å². The van der Waals surface area contributed by atoms with Crippen LogP contribution < -0.4 is 15.4 Å². The second kappa shape index (κ2) is 12.2. The highest BCUT2D eigenvalue weighted by Gasteiger charge is 2.05. The molecule has 0 bridgehead atoms. The molecule has 0 saturated heterocycles. The first-order chi connectivity index (χ1) is 14.2. The summed E-state index contributed by atoms with van der Waals surface area (Å²) in [6.45, 7) is 6.32. The lowest BCUT2D eigenvalue weighted by Crippen LogP contribution is -2.38. The third-order valence-corrected chi connectivity index (χ3v) is 4.70. The molecule has 0 aliphatic carbocycles. The van der Waals surface area contributed by atoms with Crippen LogP contribution in [0.3, 0.4) is 0 Å². The first kappa shape index (κ1) is 23.7. The molecule has 2 N–H and O–H groups in total. The Bertz CT molecular complexity index is 941. The fourth-order valence-electron chi connectivity index (χ4n) is 3.15. The summed E-state index contributed by atoms with van der Waals surface area (Å²) in [5, 5.41) is 6.74. The Hall–Kier alpha value is -2.55. The molecule has 7 heteroatoms. The normalized spacial score (nSPS) is 11.0. The number of hydrogen-bond donors (Lipinski definition) is 2. The molecular formula is C23H30IN5O. The van der Waals surface area contributed by atoms with E-state index < -0.39 is 0 Å². The minimum Gasteiger partial charge on any atom is -0.496 e. The van der Waals surface area contributed by atoms with Crippen LogP contribution in [-0.2, 0) is 13.0 Å². The minimum atomic E-state index is 0. The first-order valence-corrected chi connectivity index (χ1v) is 9.93. The van der Waals surface area contributed by atoms with Gasteiger partial charge in [0.1, 0.15) is 5.75 Å². The molecule has 1 aromatic heterocycles. The van der Waals surface area contributed by atoms with Crippen molar-refractivity contribution in [2.45, 2.75) is 26.8 Å². The third kappa shape index (κ3) is 6.48. The van der Waals surface area contributed by atoms with Crippen LogP contribution in [-0.4, -0.2) is 35.7 Å². The van der Waals surface area contributed by atoms with E-state index in [9.17, 15) is 0 Å². The zero-order chi connectivity index (χ0) is 20.5. The van der Waals surface area contributed by atoms with E-state index in [0.717, 1.165) is 48.0 Å². The molecule has 0 aliphatic rings. The largest absolute Gasteiger partial charge is 0.496 e. The highest BCUT2D eigenvalue weighted by molar-refractivity contribution is 14.0. The van der Waals surface area contributed by atoms with Crippen molar-refractivity contribution in [3.8, 4) is 11.4 Å². The highest BCUT2D eigenvalue weighted by atomic mass is 127. The van der Waals surface area contributed by atoms with E-state index in [-0.39, 0.29) is 24.0 Å². The van der Waals surface area contributed by atoms with Crippen LogP contribution in [0, 0.1) is 6.92 Å². The van der Waals surface area contributed by atoms with Gasteiger partial charge >= 0.3 is 0 Å². The van der Waals surface area contributed by atoms with E-state index in [1.807, 2.05) is 29.2 Å². The van der Waals surface area contributed by atoms with Crippen LogP contribution in [0.2, 0.25) is 0 Å². The Kier molecular flexibility index (Phi) is 9.66. The van der Waals surface area contributed by atoms with Crippen LogP contribution >= 0.6 is 24.0 Å². The Morgan fingerprint density at radius 3 is 2.73 bits per heavy atom. The zero-order valence-electron chi connectivity index (χ0n) is 17.8. The second-order valence-corrected chi connectivity index (χ2v) is 6.77. The summed E-state index contributed by atoms with van der Waals surface area (Å²) in [6, 6.07) is 14.6. The van der Waals surface area contributed by atoms with Gasteiger partial charge in [-0.1, -0.05) is 30.3 Å². The SMILES string of the molecule is CCNC(=NCc1ccccc1-n1ccnc1)NCCc1ccc(C)c(OC)c1.I. The van der Waals surface area contributed by atoms with Crippen LogP contribution in [0.4, 0.5) is 0 Å². The van der Waals surface area contributed by atoms with Crippen molar-refractivity contribution < 1.29 is 4.74 Å². The standard InChI is InChI=1S/C23H29N5O.HI/c1-4-25-23(26-12-11-19-10-9-18(2)22(15-19)29-3)27-16-20-7-5-6-8-21(20)28-14-13-24-17-28;/h5-10,13-15,17H,4,11-12,16H2,1-3H3,(H2,25,26,27);1H. The van der Waals surface area contributed by atoms with Gasteiger partial charge in [0, 0.05) is 25.5 Å². The molecule has 2 aromatic carbocycles. The van der Waals surface area contributed by atoms with Gasteiger partial charge in [0.15, 0.2) is 5.96 Å². The van der Waals surface area contributed by atoms with Crippen molar-refractivity contribution in [3.05, 3.63) is 77.9 Å². The van der Waals surface area contributed by atoms with Crippen LogP contribution in [0.25, 0.3) is 5.69 Å². The van der Waals surface area contributed by atoms with E-state index in [2.05, 4.69) is 59.8 Å². The van der Waals surface area contributed by atoms with Gasteiger partial charge in [-0.3, -0.25) is 0 Å². The van der Waals surface area contributed by atoms with Crippen LogP contribution in [0.1, 0.15) is 23.6 Å². The molecule has 6 nitrogen and oxygen atoms in total. The predicted octanol–water partition coefficient (Wildman–Crippen LogP) is 4.11. The van der Waals surface area contributed by atoms with Gasteiger partial charge in [0.05, 0.1) is 25.7 Å². The summed E-state index contributed by atoms with van der Waals surface area (Å²) in [5.41, 5.74) is 4.62. The summed E-state index contributed by atoms with van der Waals surface area (Å²) >= 11 is 0. The number of rotatable bonds is 8. The third-order valence-electron chi connectivity index (χ3n) is 4.70. The lowest BCUT2D eigenvalue weighted by Gasteiger charge is -2.13. The molecule has 0 spiro atoms. The average molecular weight is 519 g/mol. The number of para-hydroxylation sites is 1. The number of ether oxygens (including phenoxy) is 1. The summed E-state index contributed by atoms with van der Waals surface area (Å²) in [5.74, 6) is 1.74. The molecule has 0 unspecified atom stereocenters. The molecule has 0 fully saturated rings. The van der Waals surface area contributed by atoms with Crippen molar-refractivity contribution in [3.63, 3.8) is 0 Å². The molecule has 0 amide bonds. The molecule has 160 valence electrons. The van der Waals surface area contributed by atoms with Gasteiger partial charge in [-0.05, 0) is 49.1 Å². The molecule has 0 radical (unpaired) electrons. The molecule has 0 saturated carbocycles. The summed E-state index contributed by atoms with van der Waals surface area (Å²) in [7, 11) is 1.71. The smallest absolute Gasteiger partial charge is 0.191 e. The molecule has 0 atom stereocenters. The number of hydrogen-bond acceptors (Lipinski definition) is 3. The molecule has 3 rings (SSSR count). The lowest BCUT2D eigenvalue weighted by molar-refractivity contribution is 0.411. The van der Waals surface area contributed by atoms with E-state index in [4.69, 9.17) is 9.73 Å². The minimum absolute atomic E-state index is 0. The van der Waals surface area contributed by atoms with Gasteiger partial charge in [-0.15, -0.1) is 24.0 Å². The fraction of sp³-hybridized carbons (Fsp3) is 0.304. The van der Waals surface area contributed by atoms with E-state index in [1.165, 1.54) is 5.56 Å². The number of methoxy groups -OCH3 is 1. The van der Waals surface area contributed by atoms with Crippen molar-refractivity contribution in [1.29, 1.82) is 0 Å². The van der Waals surface area contributed by atoms with Gasteiger partial charge in [-0.2, -0.15) is 0 Å². The van der Waals surface area contributed by atoms with E-state index in [1.54, 1.807) is 13.3 Å². The topological polar surface area (TPSA) is 63.5 Å². The monoisotopic (exact) mass is 519 g/mol. The quantitative estimate of drug-likeness (QED) is 0.267. The number of aromatic nitrogens is 2. The van der Waals surface area contributed by atoms with Gasteiger partial charge in [0.2, 0.25) is 0 Å². The first-order valence-electron chi connectivity index (χ1n) is 9.93. The van der Waals surface area contributed by atoms with Crippen molar-refractivity contribution in [2.75, 3.05) is 20.2 Å². The Morgan fingerprint density at radius 2 is 2.00 bits per heavy atom. The summed E-state index contributed by atoms with van der Waals surface area (Å²) in [4.78, 5) is 8.91. The van der Waals surface area contributed by atoms with Gasteiger partial charge < -0.3 is 19.9 Å². The van der Waals surface area contributed by atoms with Crippen molar-refractivity contribution in [1.82, 2.24) is 20.2 Å². The summed E-state index contributed by atoms with van der Waals surface area (Å²) in [6.07, 6.45) is 6.43. The number of halogens is 1.